The van der Waals surface area contributed by atoms with Gasteiger partial charge in [0.25, 0.3) is 5.91 Å². The van der Waals surface area contributed by atoms with Gasteiger partial charge in [0.2, 0.25) is 10.0 Å². The van der Waals surface area contributed by atoms with Crippen molar-refractivity contribution in [2.75, 3.05) is 0 Å². The fourth-order valence-electron chi connectivity index (χ4n) is 2.53. The predicted molar refractivity (Wildman–Crippen MR) is 101 cm³/mol. The number of halogens is 1. The summed E-state index contributed by atoms with van der Waals surface area (Å²) in [6.07, 6.45) is 0. The number of carbonyl (C=O) groups excluding carboxylic acids is 1. The van der Waals surface area contributed by atoms with Crippen molar-refractivity contribution in [1.29, 1.82) is 0 Å². The maximum atomic E-state index is 12.3. The Morgan fingerprint density at radius 3 is 2.31 bits per heavy atom. The van der Waals surface area contributed by atoms with Gasteiger partial charge in [-0.2, -0.15) is 5.10 Å². The molecule has 1 heterocycles. The van der Waals surface area contributed by atoms with Crippen molar-refractivity contribution in [3.05, 3.63) is 51.8 Å². The molecule has 0 aliphatic rings. The minimum Gasteiger partial charge on any atom is -0.348 e. The first-order valence-corrected chi connectivity index (χ1v) is 10.2. The maximum Gasteiger partial charge on any atom is 0.256 e. The van der Waals surface area contributed by atoms with Crippen LogP contribution < -0.4 is 10.0 Å². The highest BCUT2D eigenvalue weighted by Crippen LogP contribution is 2.18. The van der Waals surface area contributed by atoms with Crippen LogP contribution in [0.4, 0.5) is 0 Å². The van der Waals surface area contributed by atoms with Crippen LogP contribution >= 0.6 is 11.6 Å². The minimum atomic E-state index is -3.36. The van der Waals surface area contributed by atoms with Crippen LogP contribution in [0.5, 0.6) is 0 Å². The quantitative estimate of drug-likeness (QED) is 0.747. The maximum absolute atomic E-state index is 12.3. The van der Waals surface area contributed by atoms with Crippen molar-refractivity contribution >= 4 is 27.5 Å². The number of nitrogens with zero attached hydrogens (tertiary/aromatic N) is 2. The normalized spacial score (nSPS) is 11.8. The fourth-order valence-corrected chi connectivity index (χ4v) is 4.23. The van der Waals surface area contributed by atoms with E-state index in [1.807, 2.05) is 0 Å². The number of sulfonamides is 1. The van der Waals surface area contributed by atoms with E-state index in [1.165, 1.54) is 4.68 Å². The molecule has 1 amide bonds. The van der Waals surface area contributed by atoms with E-state index >= 15 is 0 Å². The SMILES string of the molecule is Cc1nn(C)c(Cl)c1C(=O)NCc1ccc(CS(=O)(=O)NC(C)C)cc1. The minimum absolute atomic E-state index is 0.0810. The molecule has 2 rings (SSSR count). The molecule has 0 saturated carbocycles. The highest BCUT2D eigenvalue weighted by molar-refractivity contribution is 7.88. The van der Waals surface area contributed by atoms with Gasteiger partial charge in [0.15, 0.2) is 0 Å². The van der Waals surface area contributed by atoms with E-state index in [4.69, 9.17) is 11.6 Å². The van der Waals surface area contributed by atoms with E-state index in [9.17, 15) is 13.2 Å². The van der Waals surface area contributed by atoms with Crippen LogP contribution in [0.2, 0.25) is 5.15 Å². The van der Waals surface area contributed by atoms with Crippen molar-refractivity contribution in [3.63, 3.8) is 0 Å². The van der Waals surface area contributed by atoms with Gasteiger partial charge >= 0.3 is 0 Å². The molecule has 26 heavy (non-hydrogen) atoms. The van der Waals surface area contributed by atoms with Crippen LogP contribution in [0.3, 0.4) is 0 Å². The highest BCUT2D eigenvalue weighted by atomic mass is 35.5. The molecule has 1 aromatic heterocycles. The Morgan fingerprint density at radius 2 is 1.81 bits per heavy atom. The molecule has 0 unspecified atom stereocenters. The number of rotatable bonds is 7. The summed E-state index contributed by atoms with van der Waals surface area (Å²) in [6, 6.07) is 6.92. The topological polar surface area (TPSA) is 93.1 Å². The monoisotopic (exact) mass is 398 g/mol. The molecule has 142 valence electrons. The lowest BCUT2D eigenvalue weighted by Crippen LogP contribution is -2.31. The lowest BCUT2D eigenvalue weighted by Gasteiger charge is -2.10. The smallest absolute Gasteiger partial charge is 0.256 e. The lowest BCUT2D eigenvalue weighted by molar-refractivity contribution is 0.0950. The molecule has 0 atom stereocenters. The third-order valence-corrected chi connectivity index (χ3v) is 5.60. The van der Waals surface area contributed by atoms with Crippen molar-refractivity contribution in [1.82, 2.24) is 19.8 Å². The first kappa shape index (κ1) is 20.4. The van der Waals surface area contributed by atoms with Gasteiger partial charge in [-0.1, -0.05) is 35.9 Å². The molecule has 0 aliphatic carbocycles. The van der Waals surface area contributed by atoms with Gasteiger partial charge in [-0.25, -0.2) is 13.1 Å². The predicted octanol–water partition coefficient (Wildman–Crippen LogP) is 2.14. The molecule has 0 radical (unpaired) electrons. The van der Waals surface area contributed by atoms with Gasteiger partial charge in [-0.3, -0.25) is 9.48 Å². The first-order chi connectivity index (χ1) is 12.1. The Kier molecular flexibility index (Phi) is 6.44. The Labute approximate surface area is 158 Å². The molecule has 0 saturated heterocycles. The van der Waals surface area contributed by atoms with Crippen molar-refractivity contribution in [3.8, 4) is 0 Å². The summed E-state index contributed by atoms with van der Waals surface area (Å²) in [6.45, 7) is 5.58. The molecule has 0 spiro atoms. The van der Waals surface area contributed by atoms with E-state index in [-0.39, 0.29) is 17.7 Å². The zero-order valence-electron chi connectivity index (χ0n) is 15.2. The molecular formula is C17H23ClN4O3S. The van der Waals surface area contributed by atoms with Gasteiger partial charge < -0.3 is 5.32 Å². The van der Waals surface area contributed by atoms with Gasteiger partial charge in [0.05, 0.1) is 17.0 Å². The van der Waals surface area contributed by atoms with Crippen molar-refractivity contribution in [2.45, 2.75) is 39.1 Å². The van der Waals surface area contributed by atoms with Gasteiger partial charge in [0.1, 0.15) is 5.15 Å². The van der Waals surface area contributed by atoms with Crippen LogP contribution in [-0.2, 0) is 29.4 Å². The Bertz CT molecular complexity index is 889. The van der Waals surface area contributed by atoms with E-state index < -0.39 is 10.0 Å². The molecular weight excluding hydrogens is 376 g/mol. The van der Waals surface area contributed by atoms with Crippen molar-refractivity contribution < 1.29 is 13.2 Å². The average molecular weight is 399 g/mol. The van der Waals surface area contributed by atoms with Crippen LogP contribution in [0.1, 0.15) is 41.0 Å². The second kappa shape index (κ2) is 8.20. The average Bonchev–Trinajstić information content (AvgIpc) is 2.77. The summed E-state index contributed by atoms with van der Waals surface area (Å²) in [5.74, 6) is -0.379. The third-order valence-electron chi connectivity index (χ3n) is 3.63. The summed E-state index contributed by atoms with van der Waals surface area (Å²) >= 11 is 6.09. The zero-order valence-corrected chi connectivity index (χ0v) is 16.8. The van der Waals surface area contributed by atoms with E-state index in [0.29, 0.717) is 28.5 Å². The fraction of sp³-hybridized carbons (Fsp3) is 0.412. The molecule has 2 N–H and O–H groups in total. The van der Waals surface area contributed by atoms with Gasteiger partial charge in [-0.15, -0.1) is 0 Å². The number of hydrogen-bond donors (Lipinski definition) is 2. The number of amides is 1. The molecule has 0 aliphatic heterocycles. The lowest BCUT2D eigenvalue weighted by atomic mass is 10.1. The standard InChI is InChI=1S/C17H23ClN4O3S/c1-11(2)21-26(24,25)10-14-7-5-13(6-8-14)9-19-17(23)15-12(3)20-22(4)16(15)18/h5-8,11,21H,9-10H2,1-4H3,(H,19,23). The first-order valence-electron chi connectivity index (χ1n) is 8.14. The number of nitrogens with one attached hydrogen (secondary N) is 2. The molecule has 0 fully saturated rings. The largest absolute Gasteiger partial charge is 0.348 e. The second-order valence-electron chi connectivity index (χ2n) is 6.41. The molecule has 0 bridgehead atoms. The number of aryl methyl sites for hydroxylation is 2. The van der Waals surface area contributed by atoms with Crippen LogP contribution in [0, 0.1) is 6.92 Å². The van der Waals surface area contributed by atoms with Crippen LogP contribution in [0.15, 0.2) is 24.3 Å². The molecule has 1 aromatic carbocycles. The molecule has 2 aromatic rings. The summed E-state index contributed by atoms with van der Waals surface area (Å²) < 4.78 is 27.9. The Balaban J connectivity index is 1.98. The highest BCUT2D eigenvalue weighted by Gasteiger charge is 2.18. The van der Waals surface area contributed by atoms with Gasteiger partial charge in [-0.05, 0) is 31.9 Å². The summed E-state index contributed by atoms with van der Waals surface area (Å²) in [5.41, 5.74) is 2.46. The van der Waals surface area contributed by atoms with Crippen LogP contribution in [-0.4, -0.2) is 30.1 Å². The Hall–Kier alpha value is -1.90. The summed E-state index contributed by atoms with van der Waals surface area (Å²) in [4.78, 5) is 12.3. The van der Waals surface area contributed by atoms with E-state index in [2.05, 4.69) is 15.1 Å². The second-order valence-corrected chi connectivity index (χ2v) is 8.52. The zero-order chi connectivity index (χ0) is 19.5. The number of hydrogen-bond acceptors (Lipinski definition) is 4. The summed E-state index contributed by atoms with van der Waals surface area (Å²) in [7, 11) is -1.69. The van der Waals surface area contributed by atoms with Crippen molar-refractivity contribution in [2.24, 2.45) is 7.05 Å². The number of benzene rings is 1. The van der Waals surface area contributed by atoms with E-state index in [0.717, 1.165) is 5.56 Å². The van der Waals surface area contributed by atoms with E-state index in [1.54, 1.807) is 52.1 Å². The molecule has 7 nitrogen and oxygen atoms in total. The third kappa shape index (κ3) is 5.30. The molecule has 9 heteroatoms. The summed E-state index contributed by atoms with van der Waals surface area (Å²) in [5, 5.41) is 7.20. The Morgan fingerprint density at radius 1 is 1.23 bits per heavy atom. The number of carbonyl (C=O) groups is 1. The van der Waals surface area contributed by atoms with Gasteiger partial charge in [0, 0.05) is 19.6 Å². The number of aromatic nitrogens is 2. The van der Waals surface area contributed by atoms with Crippen LogP contribution in [0.25, 0.3) is 0 Å².